The highest BCUT2D eigenvalue weighted by molar-refractivity contribution is 4.72. The van der Waals surface area contributed by atoms with Gasteiger partial charge < -0.3 is 19.6 Å². The Morgan fingerprint density at radius 2 is 0.792 bits per heavy atom. The highest BCUT2D eigenvalue weighted by Gasteiger charge is 2.15. The molecule has 0 spiro atoms. The smallest absolute Gasteiger partial charge is 0.0110 e. The van der Waals surface area contributed by atoms with E-state index in [0.29, 0.717) is 0 Å². The monoisotopic (exact) mass is 346 g/mol. The fourth-order valence-corrected chi connectivity index (χ4v) is 2.46. The van der Waals surface area contributed by atoms with Gasteiger partial charge in [-0.3, -0.25) is 0 Å². The summed E-state index contributed by atoms with van der Waals surface area (Å²) in [6.45, 7) is 22.0. The van der Waals surface area contributed by atoms with Crippen LogP contribution in [0.2, 0.25) is 0 Å². The number of nitrogens with zero attached hydrogens (tertiary/aromatic N) is 4. The van der Waals surface area contributed by atoms with Gasteiger partial charge in [-0.15, -0.1) is 0 Å². The maximum absolute atomic E-state index is 2.62. The third-order valence-electron chi connectivity index (χ3n) is 3.62. The van der Waals surface area contributed by atoms with Crippen LogP contribution in [0.5, 0.6) is 0 Å². The molecule has 1 rings (SSSR count). The molecule has 0 radical (unpaired) electrons. The van der Waals surface area contributed by atoms with Crippen LogP contribution in [0.4, 0.5) is 0 Å². The molecule has 0 amide bonds. The van der Waals surface area contributed by atoms with Crippen molar-refractivity contribution in [2.45, 2.75) is 54.4 Å². The molecule has 0 aromatic carbocycles. The molecule has 0 aliphatic carbocycles. The highest BCUT2D eigenvalue weighted by Crippen LogP contribution is 2.03. The Balaban J connectivity index is -0.000000659. The lowest BCUT2D eigenvalue weighted by atomic mass is 10.2. The van der Waals surface area contributed by atoms with Crippen LogP contribution < -0.4 is 0 Å². The highest BCUT2D eigenvalue weighted by atomic mass is 15.3. The Morgan fingerprint density at radius 3 is 1.00 bits per heavy atom. The topological polar surface area (TPSA) is 13.0 Å². The van der Waals surface area contributed by atoms with Gasteiger partial charge in [0.2, 0.25) is 0 Å². The zero-order chi connectivity index (χ0) is 19.4. The van der Waals surface area contributed by atoms with E-state index in [0.717, 1.165) is 0 Å². The van der Waals surface area contributed by atoms with Gasteiger partial charge in [-0.2, -0.15) is 0 Å². The molecular weight excluding hydrogens is 296 g/mol. The average Bonchev–Trinajstić information content (AvgIpc) is 2.61. The van der Waals surface area contributed by atoms with Crippen molar-refractivity contribution < 1.29 is 0 Å². The van der Waals surface area contributed by atoms with Gasteiger partial charge in [0.05, 0.1) is 0 Å². The molecule has 4 heteroatoms. The Hall–Kier alpha value is -0.160. The van der Waals surface area contributed by atoms with Crippen molar-refractivity contribution in [1.29, 1.82) is 0 Å². The molecule has 1 fully saturated rings. The largest absolute Gasteiger partial charge is 0.309 e. The molecule has 150 valence electrons. The number of piperazine rings is 1. The molecule has 24 heavy (non-hydrogen) atoms. The standard InChI is InChI=1S/C14H32N4.3C2H6/c1-15(2)7-5-9-17-11-13-18(14-12-17)10-6-8-16(3)4;3*1-2/h5-14H2,1-4H3;3*1-2H3. The second-order valence-corrected chi connectivity index (χ2v) is 6.00. The van der Waals surface area contributed by atoms with Gasteiger partial charge in [-0.25, -0.2) is 0 Å². The fourth-order valence-electron chi connectivity index (χ4n) is 2.46. The van der Waals surface area contributed by atoms with Gasteiger partial charge in [0, 0.05) is 26.2 Å². The van der Waals surface area contributed by atoms with Gasteiger partial charge in [0.25, 0.3) is 0 Å². The van der Waals surface area contributed by atoms with E-state index in [-0.39, 0.29) is 0 Å². The van der Waals surface area contributed by atoms with Crippen LogP contribution in [0, 0.1) is 0 Å². The lowest BCUT2D eigenvalue weighted by Crippen LogP contribution is -2.47. The van der Waals surface area contributed by atoms with Gasteiger partial charge in [0.15, 0.2) is 0 Å². The normalized spacial score (nSPS) is 15.0. The molecule has 0 unspecified atom stereocenters. The van der Waals surface area contributed by atoms with Crippen molar-refractivity contribution in [3.8, 4) is 0 Å². The van der Waals surface area contributed by atoms with Crippen molar-refractivity contribution in [3.05, 3.63) is 0 Å². The summed E-state index contributed by atoms with van der Waals surface area (Å²) in [6, 6.07) is 0. The van der Waals surface area contributed by atoms with Crippen LogP contribution in [0.15, 0.2) is 0 Å². The minimum Gasteiger partial charge on any atom is -0.309 e. The molecule has 1 aliphatic heterocycles. The number of hydrogen-bond acceptors (Lipinski definition) is 4. The first-order chi connectivity index (χ1) is 11.6. The lowest BCUT2D eigenvalue weighted by molar-refractivity contribution is 0.126. The number of hydrogen-bond donors (Lipinski definition) is 0. The first-order valence-corrected chi connectivity index (χ1v) is 10.3. The zero-order valence-corrected chi connectivity index (χ0v) is 18.9. The van der Waals surface area contributed by atoms with Crippen LogP contribution in [-0.4, -0.2) is 100 Å². The van der Waals surface area contributed by atoms with Crippen molar-refractivity contribution in [2.24, 2.45) is 0 Å². The van der Waals surface area contributed by atoms with Crippen LogP contribution in [0.25, 0.3) is 0 Å². The van der Waals surface area contributed by atoms with E-state index in [1.807, 2.05) is 41.5 Å². The molecular formula is C20H50N4. The van der Waals surface area contributed by atoms with E-state index in [1.165, 1.54) is 65.2 Å². The van der Waals surface area contributed by atoms with E-state index >= 15 is 0 Å². The molecule has 0 N–H and O–H groups in total. The Bertz CT molecular complexity index is 178. The van der Waals surface area contributed by atoms with Crippen molar-refractivity contribution in [3.63, 3.8) is 0 Å². The number of rotatable bonds is 8. The molecule has 4 nitrogen and oxygen atoms in total. The predicted molar refractivity (Wildman–Crippen MR) is 113 cm³/mol. The quantitative estimate of drug-likeness (QED) is 0.666. The molecule has 0 atom stereocenters. The van der Waals surface area contributed by atoms with Crippen LogP contribution in [-0.2, 0) is 0 Å². The molecule has 0 aromatic heterocycles. The zero-order valence-electron chi connectivity index (χ0n) is 18.9. The predicted octanol–water partition coefficient (Wildman–Crippen LogP) is 3.59. The Morgan fingerprint density at radius 1 is 0.542 bits per heavy atom. The summed E-state index contributed by atoms with van der Waals surface area (Å²) in [7, 11) is 8.62. The molecule has 0 aromatic rings. The third kappa shape index (κ3) is 19.9. The van der Waals surface area contributed by atoms with E-state index in [2.05, 4.69) is 47.8 Å². The lowest BCUT2D eigenvalue weighted by Gasteiger charge is -2.35. The van der Waals surface area contributed by atoms with E-state index in [4.69, 9.17) is 0 Å². The third-order valence-corrected chi connectivity index (χ3v) is 3.62. The molecule has 0 bridgehead atoms. The maximum Gasteiger partial charge on any atom is 0.0110 e. The van der Waals surface area contributed by atoms with Crippen molar-refractivity contribution in [2.75, 3.05) is 80.5 Å². The summed E-state index contributed by atoms with van der Waals surface area (Å²) in [4.78, 5) is 9.78. The van der Waals surface area contributed by atoms with Crippen LogP contribution in [0.1, 0.15) is 54.4 Å². The second-order valence-electron chi connectivity index (χ2n) is 6.00. The van der Waals surface area contributed by atoms with E-state index < -0.39 is 0 Å². The van der Waals surface area contributed by atoms with Gasteiger partial charge in [0.1, 0.15) is 0 Å². The average molecular weight is 347 g/mol. The summed E-state index contributed by atoms with van der Waals surface area (Å²) in [6.07, 6.45) is 2.60. The summed E-state index contributed by atoms with van der Waals surface area (Å²) >= 11 is 0. The van der Waals surface area contributed by atoms with Gasteiger partial charge >= 0.3 is 0 Å². The van der Waals surface area contributed by atoms with E-state index in [9.17, 15) is 0 Å². The Kier molecular flexibility index (Phi) is 27.3. The molecule has 0 saturated carbocycles. The molecule has 1 heterocycles. The van der Waals surface area contributed by atoms with Crippen LogP contribution in [0.3, 0.4) is 0 Å². The minimum absolute atomic E-state index is 1.21. The summed E-state index contributed by atoms with van der Waals surface area (Å²) in [5.74, 6) is 0. The summed E-state index contributed by atoms with van der Waals surface area (Å²) in [5.41, 5.74) is 0. The summed E-state index contributed by atoms with van der Waals surface area (Å²) < 4.78 is 0. The maximum atomic E-state index is 2.62. The minimum atomic E-state index is 1.21. The molecule has 1 aliphatic rings. The van der Waals surface area contributed by atoms with Crippen LogP contribution >= 0.6 is 0 Å². The van der Waals surface area contributed by atoms with E-state index in [1.54, 1.807) is 0 Å². The first kappa shape index (κ1) is 28.6. The Labute approximate surface area is 155 Å². The van der Waals surface area contributed by atoms with Crippen molar-refractivity contribution in [1.82, 2.24) is 19.6 Å². The van der Waals surface area contributed by atoms with Gasteiger partial charge in [-0.05, 0) is 67.2 Å². The SMILES string of the molecule is CC.CC.CC.CN(C)CCCN1CCN(CCCN(C)C)CC1. The summed E-state index contributed by atoms with van der Waals surface area (Å²) in [5, 5.41) is 0. The fraction of sp³-hybridized carbons (Fsp3) is 1.00. The van der Waals surface area contributed by atoms with Gasteiger partial charge in [-0.1, -0.05) is 41.5 Å². The molecule has 1 saturated heterocycles. The first-order valence-electron chi connectivity index (χ1n) is 10.3. The second kappa shape index (κ2) is 22.8. The van der Waals surface area contributed by atoms with Crippen molar-refractivity contribution >= 4 is 0 Å².